The van der Waals surface area contributed by atoms with E-state index in [0.717, 1.165) is 31.6 Å². The molecule has 13 heavy (non-hydrogen) atoms. The van der Waals surface area contributed by atoms with E-state index < -0.39 is 0 Å². The first-order valence-corrected chi connectivity index (χ1v) is 5.74. The predicted octanol–water partition coefficient (Wildman–Crippen LogP) is 0.958. The van der Waals surface area contributed by atoms with Crippen LogP contribution in [0, 0.1) is 5.92 Å². The third-order valence-corrected chi connectivity index (χ3v) is 2.97. The van der Waals surface area contributed by atoms with Gasteiger partial charge in [-0.25, -0.2) is 0 Å². The summed E-state index contributed by atoms with van der Waals surface area (Å²) in [5.74, 6) is 0.614. The van der Waals surface area contributed by atoms with E-state index in [1.807, 2.05) is 0 Å². The maximum absolute atomic E-state index is 8.83. The third-order valence-electron chi connectivity index (χ3n) is 1.86. The zero-order valence-electron chi connectivity index (χ0n) is 8.50. The molecule has 1 unspecified atom stereocenters. The van der Waals surface area contributed by atoms with Gasteiger partial charge in [-0.05, 0) is 5.92 Å². The van der Waals surface area contributed by atoms with Crippen molar-refractivity contribution in [2.45, 2.75) is 6.92 Å². The van der Waals surface area contributed by atoms with Crippen molar-refractivity contribution in [1.29, 1.82) is 0 Å². The Hall–Kier alpha value is 0.360. The number of hydrogen-bond acceptors (Lipinski definition) is 3. The average Bonchev–Trinajstić information content (AvgIpc) is 2.14. The summed E-state index contributed by atoms with van der Waals surface area (Å²) in [6.07, 6.45) is 0. The molecule has 0 aliphatic carbocycles. The van der Waals surface area contributed by atoms with Crippen molar-refractivity contribution in [1.82, 2.24) is 4.90 Å². The molecule has 4 heteroatoms. The summed E-state index contributed by atoms with van der Waals surface area (Å²) in [6.45, 7) is 5.78. The highest BCUT2D eigenvalue weighted by Gasteiger charge is 2.08. The topological polar surface area (TPSA) is 32.7 Å². The van der Waals surface area contributed by atoms with Gasteiger partial charge in [0.25, 0.3) is 0 Å². The van der Waals surface area contributed by atoms with E-state index >= 15 is 0 Å². The lowest BCUT2D eigenvalue weighted by Gasteiger charge is -2.23. The number of alkyl halides is 1. The van der Waals surface area contributed by atoms with Crippen LogP contribution in [0.5, 0.6) is 0 Å². The Morgan fingerprint density at radius 1 is 1.46 bits per heavy atom. The zero-order chi connectivity index (χ0) is 10.1. The fourth-order valence-corrected chi connectivity index (χ4v) is 1.35. The number of halogens is 1. The van der Waals surface area contributed by atoms with Gasteiger partial charge in [0.15, 0.2) is 0 Å². The molecule has 0 fully saturated rings. The molecule has 0 saturated heterocycles. The summed E-state index contributed by atoms with van der Waals surface area (Å²) in [4.78, 5) is 2.22. The highest BCUT2D eigenvalue weighted by molar-refractivity contribution is 9.09. The molecule has 0 spiro atoms. The van der Waals surface area contributed by atoms with E-state index in [4.69, 9.17) is 9.84 Å². The predicted molar refractivity (Wildman–Crippen MR) is 58.4 cm³/mol. The first-order valence-electron chi connectivity index (χ1n) is 4.62. The molecular formula is C9H20BrNO2. The van der Waals surface area contributed by atoms with Gasteiger partial charge in [-0.15, -0.1) is 0 Å². The Kier molecular flexibility index (Phi) is 9.18. The van der Waals surface area contributed by atoms with Gasteiger partial charge in [-0.2, -0.15) is 0 Å². The standard InChI is InChI=1S/C9H20BrNO2/c1-9(7-10)8-11(3-5-12)4-6-13-2/h9,12H,3-8H2,1-2H3. The van der Waals surface area contributed by atoms with Gasteiger partial charge in [0, 0.05) is 32.1 Å². The molecule has 0 amide bonds. The van der Waals surface area contributed by atoms with Crippen LogP contribution >= 0.6 is 15.9 Å². The average molecular weight is 254 g/mol. The van der Waals surface area contributed by atoms with Crippen LogP contribution in [0.2, 0.25) is 0 Å². The van der Waals surface area contributed by atoms with Gasteiger partial charge in [-0.1, -0.05) is 22.9 Å². The quantitative estimate of drug-likeness (QED) is 0.655. The lowest BCUT2D eigenvalue weighted by atomic mass is 10.2. The molecule has 0 heterocycles. The fourth-order valence-electron chi connectivity index (χ4n) is 1.15. The summed E-state index contributed by atoms with van der Waals surface area (Å²) in [7, 11) is 1.70. The summed E-state index contributed by atoms with van der Waals surface area (Å²) >= 11 is 3.44. The van der Waals surface area contributed by atoms with Crippen molar-refractivity contribution in [3.8, 4) is 0 Å². The first-order chi connectivity index (χ1) is 6.24. The Balaban J connectivity index is 3.65. The van der Waals surface area contributed by atoms with E-state index in [2.05, 4.69) is 27.8 Å². The molecule has 0 aliphatic heterocycles. The molecule has 0 bridgehead atoms. The van der Waals surface area contributed by atoms with Crippen LogP contribution in [0.3, 0.4) is 0 Å². The first kappa shape index (κ1) is 13.4. The van der Waals surface area contributed by atoms with Crippen molar-refractivity contribution in [2.24, 2.45) is 5.92 Å². The molecule has 80 valence electrons. The van der Waals surface area contributed by atoms with E-state index in [-0.39, 0.29) is 6.61 Å². The van der Waals surface area contributed by atoms with Gasteiger partial charge >= 0.3 is 0 Å². The van der Waals surface area contributed by atoms with Crippen LogP contribution in [0.4, 0.5) is 0 Å². The second-order valence-electron chi connectivity index (χ2n) is 3.28. The largest absolute Gasteiger partial charge is 0.395 e. The fraction of sp³-hybridized carbons (Fsp3) is 1.00. The third kappa shape index (κ3) is 7.43. The number of nitrogens with zero attached hydrogens (tertiary/aromatic N) is 1. The Morgan fingerprint density at radius 3 is 2.62 bits per heavy atom. The van der Waals surface area contributed by atoms with E-state index in [1.54, 1.807) is 7.11 Å². The zero-order valence-corrected chi connectivity index (χ0v) is 10.1. The molecule has 0 aromatic carbocycles. The normalized spacial score (nSPS) is 13.6. The summed E-state index contributed by atoms with van der Waals surface area (Å²) in [5, 5.41) is 9.83. The maximum atomic E-state index is 8.83. The summed E-state index contributed by atoms with van der Waals surface area (Å²) in [5.41, 5.74) is 0. The second-order valence-corrected chi connectivity index (χ2v) is 3.92. The van der Waals surface area contributed by atoms with Crippen molar-refractivity contribution < 1.29 is 9.84 Å². The lowest BCUT2D eigenvalue weighted by molar-refractivity contribution is 0.123. The molecule has 1 atom stereocenters. The van der Waals surface area contributed by atoms with Gasteiger partial charge in [0.1, 0.15) is 0 Å². The number of aliphatic hydroxyl groups excluding tert-OH is 1. The molecular weight excluding hydrogens is 234 g/mol. The van der Waals surface area contributed by atoms with Crippen LogP contribution in [0.1, 0.15) is 6.92 Å². The van der Waals surface area contributed by atoms with Crippen LogP contribution < -0.4 is 0 Å². The number of rotatable bonds is 8. The Bertz CT molecular complexity index is 114. The summed E-state index contributed by atoms with van der Waals surface area (Å²) in [6, 6.07) is 0. The van der Waals surface area contributed by atoms with Crippen molar-refractivity contribution in [2.75, 3.05) is 45.3 Å². The second kappa shape index (κ2) is 8.94. The number of methoxy groups -OCH3 is 1. The number of ether oxygens (including phenoxy) is 1. The van der Waals surface area contributed by atoms with E-state index in [9.17, 15) is 0 Å². The molecule has 0 rings (SSSR count). The minimum Gasteiger partial charge on any atom is -0.395 e. The molecule has 0 aromatic heterocycles. The molecule has 3 nitrogen and oxygen atoms in total. The lowest BCUT2D eigenvalue weighted by Crippen LogP contribution is -2.34. The molecule has 0 radical (unpaired) electrons. The Morgan fingerprint density at radius 2 is 2.15 bits per heavy atom. The molecule has 0 saturated carbocycles. The van der Waals surface area contributed by atoms with Crippen molar-refractivity contribution in [3.05, 3.63) is 0 Å². The SMILES string of the molecule is COCCN(CCO)CC(C)CBr. The van der Waals surface area contributed by atoms with Crippen LogP contribution in [0.15, 0.2) is 0 Å². The van der Waals surface area contributed by atoms with Crippen LogP contribution in [-0.4, -0.2) is 55.3 Å². The van der Waals surface area contributed by atoms with Crippen molar-refractivity contribution in [3.63, 3.8) is 0 Å². The van der Waals surface area contributed by atoms with Crippen molar-refractivity contribution >= 4 is 15.9 Å². The monoisotopic (exact) mass is 253 g/mol. The minimum absolute atomic E-state index is 0.221. The molecule has 0 aromatic rings. The smallest absolute Gasteiger partial charge is 0.0589 e. The summed E-state index contributed by atoms with van der Waals surface area (Å²) < 4.78 is 5.00. The van der Waals surface area contributed by atoms with Gasteiger partial charge < -0.3 is 9.84 Å². The Labute approximate surface area is 89.2 Å². The molecule has 0 aliphatic rings. The van der Waals surface area contributed by atoms with Gasteiger partial charge in [0.2, 0.25) is 0 Å². The minimum atomic E-state index is 0.221. The van der Waals surface area contributed by atoms with E-state index in [1.165, 1.54) is 0 Å². The van der Waals surface area contributed by atoms with Gasteiger partial charge in [0.05, 0.1) is 13.2 Å². The van der Waals surface area contributed by atoms with Crippen LogP contribution in [0.25, 0.3) is 0 Å². The van der Waals surface area contributed by atoms with E-state index in [0.29, 0.717) is 5.92 Å². The van der Waals surface area contributed by atoms with Crippen LogP contribution in [-0.2, 0) is 4.74 Å². The number of hydrogen-bond donors (Lipinski definition) is 1. The van der Waals surface area contributed by atoms with Gasteiger partial charge in [-0.3, -0.25) is 4.90 Å². The maximum Gasteiger partial charge on any atom is 0.0589 e. The number of aliphatic hydroxyl groups is 1. The highest BCUT2D eigenvalue weighted by Crippen LogP contribution is 2.03. The highest BCUT2D eigenvalue weighted by atomic mass is 79.9. The molecule has 1 N–H and O–H groups in total.